The van der Waals surface area contributed by atoms with Crippen molar-refractivity contribution in [2.24, 2.45) is 5.10 Å². The number of fused-ring (bicyclic) bond motifs is 1. The van der Waals surface area contributed by atoms with Crippen LogP contribution in [-0.2, 0) is 0 Å². The number of ether oxygens (including phenoxy) is 1. The van der Waals surface area contributed by atoms with E-state index in [1.807, 2.05) is 19.9 Å². The minimum Gasteiger partial charge on any atom is -0.473 e. The molecule has 0 radical (unpaired) electrons. The standard InChI is InChI=1S/C22H19BrN4O4/c1-4-11-31-20-15(7-6-8-19(20)27(29)30)13-24-26-21(14(3)5-2)25-18-10-9-16(23)12-17(18)22(26)28/h1,6-10,12-14H,5,11H2,2-3H3/t14-/m1/s1. The molecule has 0 amide bonds. The van der Waals surface area contributed by atoms with Gasteiger partial charge in [0.05, 0.1) is 22.0 Å². The third-order valence-electron chi connectivity index (χ3n) is 4.72. The Morgan fingerprint density at radius 1 is 1.42 bits per heavy atom. The van der Waals surface area contributed by atoms with Crippen molar-refractivity contribution < 1.29 is 9.66 Å². The Morgan fingerprint density at radius 3 is 2.87 bits per heavy atom. The van der Waals surface area contributed by atoms with Crippen LogP contribution in [0, 0.1) is 22.5 Å². The maximum Gasteiger partial charge on any atom is 0.311 e. The normalized spacial score (nSPS) is 12.1. The molecule has 0 unspecified atom stereocenters. The molecule has 0 aliphatic carbocycles. The van der Waals surface area contributed by atoms with Crippen molar-refractivity contribution in [3.63, 3.8) is 0 Å². The average molecular weight is 483 g/mol. The van der Waals surface area contributed by atoms with Crippen molar-refractivity contribution in [3.8, 4) is 18.1 Å². The van der Waals surface area contributed by atoms with E-state index < -0.39 is 4.92 Å². The summed E-state index contributed by atoms with van der Waals surface area (Å²) >= 11 is 3.37. The second-order valence-corrected chi connectivity index (χ2v) is 7.66. The monoisotopic (exact) mass is 482 g/mol. The Balaban J connectivity index is 2.20. The lowest BCUT2D eigenvalue weighted by Crippen LogP contribution is -2.23. The number of terminal acetylenes is 1. The lowest BCUT2D eigenvalue weighted by atomic mass is 10.1. The SMILES string of the molecule is C#CCOc1c(C=Nn2c([C@H](C)CC)nc3ccc(Br)cc3c2=O)cccc1[N+](=O)[O-]. The van der Waals surface area contributed by atoms with Gasteiger partial charge >= 0.3 is 5.69 Å². The summed E-state index contributed by atoms with van der Waals surface area (Å²) in [5.41, 5.74) is 0.313. The van der Waals surface area contributed by atoms with E-state index in [0.29, 0.717) is 22.3 Å². The zero-order valence-electron chi connectivity index (χ0n) is 16.9. The highest BCUT2D eigenvalue weighted by molar-refractivity contribution is 9.10. The van der Waals surface area contributed by atoms with E-state index in [-0.39, 0.29) is 29.5 Å². The molecular weight excluding hydrogens is 464 g/mol. The predicted octanol–water partition coefficient (Wildman–Crippen LogP) is 4.47. The molecule has 0 aliphatic rings. The molecule has 0 bridgehead atoms. The van der Waals surface area contributed by atoms with E-state index in [9.17, 15) is 14.9 Å². The van der Waals surface area contributed by atoms with Crippen LogP contribution in [0.2, 0.25) is 0 Å². The largest absolute Gasteiger partial charge is 0.473 e. The lowest BCUT2D eigenvalue weighted by Gasteiger charge is -2.14. The van der Waals surface area contributed by atoms with Gasteiger partial charge < -0.3 is 4.74 Å². The molecule has 31 heavy (non-hydrogen) atoms. The number of nitro groups is 1. The van der Waals surface area contributed by atoms with Gasteiger partial charge in [-0.1, -0.05) is 41.8 Å². The van der Waals surface area contributed by atoms with Gasteiger partial charge in [-0.3, -0.25) is 14.9 Å². The highest BCUT2D eigenvalue weighted by Gasteiger charge is 2.19. The summed E-state index contributed by atoms with van der Waals surface area (Å²) in [6, 6.07) is 9.70. The first-order valence-corrected chi connectivity index (χ1v) is 10.3. The highest BCUT2D eigenvalue weighted by Crippen LogP contribution is 2.30. The summed E-state index contributed by atoms with van der Waals surface area (Å²) < 4.78 is 7.38. The van der Waals surface area contributed by atoms with Crippen LogP contribution in [0.5, 0.6) is 5.75 Å². The van der Waals surface area contributed by atoms with E-state index in [4.69, 9.17) is 11.2 Å². The second-order valence-electron chi connectivity index (χ2n) is 6.75. The van der Waals surface area contributed by atoms with E-state index in [0.717, 1.165) is 10.9 Å². The number of hydrogen-bond donors (Lipinski definition) is 0. The van der Waals surface area contributed by atoms with Gasteiger partial charge in [-0.25, -0.2) is 4.98 Å². The Hall–Kier alpha value is -3.51. The Bertz CT molecular complexity index is 1280. The zero-order valence-corrected chi connectivity index (χ0v) is 18.5. The maximum atomic E-state index is 13.2. The van der Waals surface area contributed by atoms with Crippen molar-refractivity contribution >= 4 is 38.7 Å². The van der Waals surface area contributed by atoms with Crippen LogP contribution in [0.15, 0.2) is 50.8 Å². The molecule has 158 valence electrons. The number of halogens is 1. The van der Waals surface area contributed by atoms with Crippen LogP contribution in [0.4, 0.5) is 5.69 Å². The van der Waals surface area contributed by atoms with Crippen LogP contribution in [0.25, 0.3) is 10.9 Å². The fourth-order valence-corrected chi connectivity index (χ4v) is 3.32. The van der Waals surface area contributed by atoms with Gasteiger partial charge in [-0.15, -0.1) is 6.42 Å². The summed E-state index contributed by atoms with van der Waals surface area (Å²) in [6.45, 7) is 3.80. The first-order valence-electron chi connectivity index (χ1n) is 9.47. The Morgan fingerprint density at radius 2 is 2.19 bits per heavy atom. The summed E-state index contributed by atoms with van der Waals surface area (Å²) in [6.07, 6.45) is 7.33. The topological polar surface area (TPSA) is 99.6 Å². The minimum absolute atomic E-state index is 0.0103. The van der Waals surface area contributed by atoms with Crippen molar-refractivity contribution in [2.75, 3.05) is 6.61 Å². The number of rotatable bonds is 7. The van der Waals surface area contributed by atoms with Crippen molar-refractivity contribution in [3.05, 3.63) is 72.7 Å². The molecule has 0 fully saturated rings. The number of para-hydroxylation sites is 1. The molecular formula is C22H19BrN4O4. The van der Waals surface area contributed by atoms with Gasteiger partial charge in [0.15, 0.2) is 0 Å². The minimum atomic E-state index is -0.560. The van der Waals surface area contributed by atoms with Crippen molar-refractivity contribution in [1.29, 1.82) is 0 Å². The molecule has 0 spiro atoms. The molecule has 1 atom stereocenters. The number of nitrogens with zero attached hydrogens (tertiary/aromatic N) is 4. The summed E-state index contributed by atoms with van der Waals surface area (Å²) in [5.74, 6) is 2.73. The third-order valence-corrected chi connectivity index (χ3v) is 5.21. The number of benzene rings is 2. The highest BCUT2D eigenvalue weighted by atomic mass is 79.9. The van der Waals surface area contributed by atoms with E-state index in [1.54, 1.807) is 18.2 Å². The van der Waals surface area contributed by atoms with E-state index in [2.05, 4.69) is 31.9 Å². The number of nitro benzene ring substituents is 1. The molecule has 9 heteroatoms. The molecule has 1 aromatic heterocycles. The van der Waals surface area contributed by atoms with Crippen LogP contribution in [-0.4, -0.2) is 27.4 Å². The smallest absolute Gasteiger partial charge is 0.311 e. The van der Waals surface area contributed by atoms with Gasteiger partial charge in [-0.05, 0) is 30.7 Å². The number of hydrogen-bond acceptors (Lipinski definition) is 6. The summed E-state index contributed by atoms with van der Waals surface area (Å²) in [4.78, 5) is 28.7. The zero-order chi connectivity index (χ0) is 22.5. The van der Waals surface area contributed by atoms with Crippen LogP contribution >= 0.6 is 15.9 Å². The molecule has 0 saturated heterocycles. The summed E-state index contributed by atoms with van der Waals surface area (Å²) in [5, 5.41) is 16.1. The van der Waals surface area contributed by atoms with Gasteiger partial charge in [0.2, 0.25) is 5.75 Å². The molecule has 8 nitrogen and oxygen atoms in total. The van der Waals surface area contributed by atoms with Crippen molar-refractivity contribution in [2.45, 2.75) is 26.2 Å². The Kier molecular flexibility index (Phi) is 6.82. The molecule has 1 heterocycles. The molecule has 0 N–H and O–H groups in total. The van der Waals surface area contributed by atoms with Gasteiger partial charge in [0.25, 0.3) is 5.56 Å². The fraction of sp³-hybridized carbons (Fsp3) is 0.227. The molecule has 2 aromatic carbocycles. The van der Waals surface area contributed by atoms with Gasteiger partial charge in [0, 0.05) is 22.0 Å². The lowest BCUT2D eigenvalue weighted by molar-refractivity contribution is -0.385. The van der Waals surface area contributed by atoms with Crippen LogP contribution in [0.3, 0.4) is 0 Å². The van der Waals surface area contributed by atoms with Crippen LogP contribution < -0.4 is 10.3 Å². The van der Waals surface area contributed by atoms with E-state index >= 15 is 0 Å². The quantitative estimate of drug-likeness (QED) is 0.214. The van der Waals surface area contributed by atoms with Crippen LogP contribution in [0.1, 0.15) is 37.6 Å². The molecule has 0 aliphatic heterocycles. The first kappa shape index (κ1) is 22.2. The molecule has 3 aromatic rings. The molecule has 0 saturated carbocycles. The Labute approximate surface area is 186 Å². The molecule has 3 rings (SSSR count). The average Bonchev–Trinajstić information content (AvgIpc) is 2.76. The first-order chi connectivity index (χ1) is 14.9. The maximum absolute atomic E-state index is 13.2. The van der Waals surface area contributed by atoms with Crippen molar-refractivity contribution in [1.82, 2.24) is 9.66 Å². The second kappa shape index (κ2) is 9.53. The predicted molar refractivity (Wildman–Crippen MR) is 123 cm³/mol. The van der Waals surface area contributed by atoms with Gasteiger partial charge in [0.1, 0.15) is 12.4 Å². The van der Waals surface area contributed by atoms with E-state index in [1.165, 1.54) is 23.0 Å². The number of aromatic nitrogens is 2. The third kappa shape index (κ3) is 4.64. The van der Waals surface area contributed by atoms with Gasteiger partial charge in [-0.2, -0.15) is 9.78 Å². The fourth-order valence-electron chi connectivity index (χ4n) is 2.96. The summed E-state index contributed by atoms with van der Waals surface area (Å²) in [7, 11) is 0.